The Kier molecular flexibility index (Phi) is 5.86. The van der Waals surface area contributed by atoms with Crippen molar-refractivity contribution in [2.45, 2.75) is 45.6 Å². The van der Waals surface area contributed by atoms with Gasteiger partial charge in [0.2, 0.25) is 5.91 Å². The summed E-state index contributed by atoms with van der Waals surface area (Å²) >= 11 is 0. The normalized spacial score (nSPS) is 14.6. The number of nitrogens with one attached hydrogen (secondary N) is 1. The van der Waals surface area contributed by atoms with Gasteiger partial charge in [-0.05, 0) is 57.9 Å². The van der Waals surface area contributed by atoms with Gasteiger partial charge < -0.3 is 15.0 Å². The summed E-state index contributed by atoms with van der Waals surface area (Å²) in [6.07, 6.45) is 2.17. The molecule has 0 atom stereocenters. The van der Waals surface area contributed by atoms with Gasteiger partial charge in [-0.3, -0.25) is 4.79 Å². The van der Waals surface area contributed by atoms with Gasteiger partial charge in [-0.15, -0.1) is 0 Å². The SMILES string of the molecule is CC(C)(C)OC(=O)NCC#Cc1ccc(N2CCCCC2=O)cc1. The summed E-state index contributed by atoms with van der Waals surface area (Å²) < 4.78 is 5.13. The maximum absolute atomic E-state index is 11.9. The molecule has 2 rings (SSSR count). The lowest BCUT2D eigenvalue weighted by atomic mass is 10.1. The Balaban J connectivity index is 1.86. The van der Waals surface area contributed by atoms with Crippen molar-refractivity contribution in [2.24, 2.45) is 0 Å². The highest BCUT2D eigenvalue weighted by molar-refractivity contribution is 5.94. The molecule has 5 heteroatoms. The third-order valence-corrected chi connectivity index (χ3v) is 3.46. The Morgan fingerprint density at radius 1 is 1.25 bits per heavy atom. The number of amides is 2. The quantitative estimate of drug-likeness (QED) is 0.849. The van der Waals surface area contributed by atoms with Gasteiger partial charge in [0.15, 0.2) is 0 Å². The van der Waals surface area contributed by atoms with E-state index in [1.165, 1.54) is 0 Å². The van der Waals surface area contributed by atoms with E-state index in [9.17, 15) is 9.59 Å². The molecule has 0 aliphatic carbocycles. The monoisotopic (exact) mass is 328 g/mol. The second kappa shape index (κ2) is 7.87. The lowest BCUT2D eigenvalue weighted by Crippen LogP contribution is -2.35. The van der Waals surface area contributed by atoms with Gasteiger partial charge in [-0.1, -0.05) is 11.8 Å². The van der Waals surface area contributed by atoms with E-state index in [0.717, 1.165) is 30.6 Å². The predicted octanol–water partition coefficient (Wildman–Crippen LogP) is 3.08. The van der Waals surface area contributed by atoms with E-state index in [-0.39, 0.29) is 12.5 Å². The molecule has 1 heterocycles. The molecular weight excluding hydrogens is 304 g/mol. The number of carbonyl (C=O) groups excluding carboxylic acids is 2. The summed E-state index contributed by atoms with van der Waals surface area (Å²) in [4.78, 5) is 25.2. The molecule has 1 aliphatic rings. The smallest absolute Gasteiger partial charge is 0.408 e. The summed E-state index contributed by atoms with van der Waals surface area (Å²) in [6.45, 7) is 6.44. The van der Waals surface area contributed by atoms with Crippen LogP contribution in [0.3, 0.4) is 0 Å². The lowest BCUT2D eigenvalue weighted by Gasteiger charge is -2.26. The Labute approximate surface area is 143 Å². The minimum atomic E-state index is -0.515. The average molecular weight is 328 g/mol. The van der Waals surface area contributed by atoms with Crippen molar-refractivity contribution in [3.8, 4) is 11.8 Å². The topological polar surface area (TPSA) is 58.6 Å². The fraction of sp³-hybridized carbons (Fsp3) is 0.474. The van der Waals surface area contributed by atoms with Gasteiger partial charge >= 0.3 is 6.09 Å². The highest BCUT2D eigenvalue weighted by Gasteiger charge is 2.19. The number of anilines is 1. The molecule has 1 aliphatic heterocycles. The Morgan fingerprint density at radius 3 is 2.58 bits per heavy atom. The van der Waals surface area contributed by atoms with Crippen molar-refractivity contribution < 1.29 is 14.3 Å². The van der Waals surface area contributed by atoms with Crippen molar-refractivity contribution in [1.82, 2.24) is 5.32 Å². The molecule has 1 fully saturated rings. The van der Waals surface area contributed by atoms with Crippen molar-refractivity contribution in [3.63, 3.8) is 0 Å². The molecule has 1 saturated heterocycles. The number of alkyl carbamates (subject to hydrolysis) is 1. The Hall–Kier alpha value is -2.48. The van der Waals surface area contributed by atoms with Crippen LogP contribution in [0.1, 0.15) is 45.6 Å². The lowest BCUT2D eigenvalue weighted by molar-refractivity contribution is -0.119. The van der Waals surface area contributed by atoms with Crippen LogP contribution in [0.4, 0.5) is 10.5 Å². The number of benzene rings is 1. The maximum atomic E-state index is 11.9. The van der Waals surface area contributed by atoms with Crippen molar-refractivity contribution in [3.05, 3.63) is 29.8 Å². The zero-order valence-corrected chi connectivity index (χ0v) is 14.5. The Bertz CT molecular complexity index is 648. The molecule has 5 nitrogen and oxygen atoms in total. The maximum Gasteiger partial charge on any atom is 0.408 e. The van der Waals surface area contributed by atoms with Crippen molar-refractivity contribution in [2.75, 3.05) is 18.0 Å². The number of nitrogens with zero attached hydrogens (tertiary/aromatic N) is 1. The molecule has 0 saturated carbocycles. The summed E-state index contributed by atoms with van der Waals surface area (Å²) in [5.74, 6) is 6.05. The molecule has 24 heavy (non-hydrogen) atoms. The first-order valence-electron chi connectivity index (χ1n) is 8.21. The van der Waals surface area contributed by atoms with Gasteiger partial charge in [0.25, 0.3) is 0 Å². The van der Waals surface area contributed by atoms with E-state index in [2.05, 4.69) is 17.2 Å². The standard InChI is InChI=1S/C19H24N2O3/c1-19(2,3)24-18(23)20-13-6-7-15-9-11-16(12-10-15)21-14-5-4-8-17(21)22/h9-12H,4-5,8,13-14H2,1-3H3,(H,20,23). The van der Waals surface area contributed by atoms with Crippen molar-refractivity contribution in [1.29, 1.82) is 0 Å². The number of hydrogen-bond donors (Lipinski definition) is 1. The number of piperidine rings is 1. The Morgan fingerprint density at radius 2 is 1.96 bits per heavy atom. The highest BCUT2D eigenvalue weighted by Crippen LogP contribution is 2.20. The van der Waals surface area contributed by atoms with Crippen LogP contribution in [0.25, 0.3) is 0 Å². The van der Waals surface area contributed by atoms with Gasteiger partial charge in [0.05, 0.1) is 6.54 Å². The molecule has 1 aromatic rings. The molecule has 0 unspecified atom stereocenters. The van der Waals surface area contributed by atoms with Gasteiger partial charge in [0.1, 0.15) is 5.60 Å². The summed E-state index contributed by atoms with van der Waals surface area (Å²) in [5.41, 5.74) is 1.24. The molecule has 0 bridgehead atoms. The van der Waals surface area contributed by atoms with Crippen LogP contribution >= 0.6 is 0 Å². The van der Waals surface area contributed by atoms with Crippen LogP contribution < -0.4 is 10.2 Å². The van der Waals surface area contributed by atoms with Crippen LogP contribution in [0.5, 0.6) is 0 Å². The van der Waals surface area contributed by atoms with Crippen LogP contribution in [-0.2, 0) is 9.53 Å². The van der Waals surface area contributed by atoms with Crippen LogP contribution in [-0.4, -0.2) is 30.7 Å². The minimum Gasteiger partial charge on any atom is -0.444 e. The first-order chi connectivity index (χ1) is 11.3. The molecule has 2 amide bonds. The van der Waals surface area contributed by atoms with E-state index in [1.807, 2.05) is 49.9 Å². The van der Waals surface area contributed by atoms with E-state index in [1.54, 1.807) is 0 Å². The summed E-state index contributed by atoms with van der Waals surface area (Å²) in [5, 5.41) is 2.59. The summed E-state index contributed by atoms with van der Waals surface area (Å²) in [7, 11) is 0. The van der Waals surface area contributed by atoms with Gasteiger partial charge in [0, 0.05) is 24.2 Å². The fourth-order valence-corrected chi connectivity index (χ4v) is 2.38. The first-order valence-corrected chi connectivity index (χ1v) is 8.21. The largest absolute Gasteiger partial charge is 0.444 e. The zero-order chi connectivity index (χ0) is 17.6. The van der Waals surface area contributed by atoms with Crippen LogP contribution in [0.2, 0.25) is 0 Å². The van der Waals surface area contributed by atoms with Crippen molar-refractivity contribution >= 4 is 17.7 Å². The zero-order valence-electron chi connectivity index (χ0n) is 14.5. The average Bonchev–Trinajstić information content (AvgIpc) is 2.51. The van der Waals surface area contributed by atoms with Crippen LogP contribution in [0.15, 0.2) is 24.3 Å². The second-order valence-corrected chi connectivity index (χ2v) is 6.71. The molecular formula is C19H24N2O3. The summed E-state index contributed by atoms with van der Waals surface area (Å²) in [6, 6.07) is 7.60. The van der Waals surface area contributed by atoms with Gasteiger partial charge in [-0.25, -0.2) is 4.79 Å². The highest BCUT2D eigenvalue weighted by atomic mass is 16.6. The van der Waals surface area contributed by atoms with Gasteiger partial charge in [-0.2, -0.15) is 0 Å². The van der Waals surface area contributed by atoms with E-state index >= 15 is 0 Å². The predicted molar refractivity (Wildman–Crippen MR) is 93.8 cm³/mol. The molecule has 128 valence electrons. The second-order valence-electron chi connectivity index (χ2n) is 6.71. The number of ether oxygens (including phenoxy) is 1. The first kappa shape index (κ1) is 17.9. The fourth-order valence-electron chi connectivity index (χ4n) is 2.38. The van der Waals surface area contributed by atoms with E-state index in [4.69, 9.17) is 4.74 Å². The number of carbonyl (C=O) groups is 2. The molecule has 1 N–H and O–H groups in total. The molecule has 0 aromatic heterocycles. The third kappa shape index (κ3) is 5.62. The third-order valence-electron chi connectivity index (χ3n) is 3.46. The van der Waals surface area contributed by atoms with E-state index < -0.39 is 11.7 Å². The molecule has 0 spiro atoms. The van der Waals surface area contributed by atoms with Crippen LogP contribution in [0, 0.1) is 11.8 Å². The van der Waals surface area contributed by atoms with E-state index in [0.29, 0.717) is 6.42 Å². The number of rotatable bonds is 2. The molecule has 0 radical (unpaired) electrons. The minimum absolute atomic E-state index is 0.182. The molecule has 1 aromatic carbocycles. The number of hydrogen-bond acceptors (Lipinski definition) is 3.